The Morgan fingerprint density at radius 2 is 2.28 bits per heavy atom. The molecule has 1 amide bonds. The number of hydrogen-bond donors (Lipinski definition) is 3. The van der Waals surface area contributed by atoms with Crippen molar-refractivity contribution in [2.24, 2.45) is 10.9 Å². The lowest BCUT2D eigenvalue weighted by atomic mass is 10.0. The van der Waals surface area contributed by atoms with E-state index in [0.717, 1.165) is 17.0 Å². The Morgan fingerprint density at radius 3 is 2.89 bits per heavy atom. The summed E-state index contributed by atoms with van der Waals surface area (Å²) in [6.07, 6.45) is 1.03. The zero-order valence-electron chi connectivity index (χ0n) is 10.1. The molecule has 0 bridgehead atoms. The zero-order valence-corrected chi connectivity index (χ0v) is 10.1. The molecule has 0 fully saturated rings. The van der Waals surface area contributed by atoms with Crippen molar-refractivity contribution in [1.29, 1.82) is 0 Å². The number of nitrogens with two attached hydrogens (primary N) is 1. The third-order valence-corrected chi connectivity index (χ3v) is 2.84. The fourth-order valence-corrected chi connectivity index (χ4v) is 1.86. The molecule has 0 unspecified atom stereocenters. The third-order valence-electron chi connectivity index (χ3n) is 2.84. The average Bonchev–Trinajstić information content (AvgIpc) is 2.87. The number of carbonyl (C=O) groups excluding carboxylic acids is 1. The SMILES string of the molecule is COc1ccc(C2=NN[C@@H](CC(=O)NN)C2)cc1. The number of hydrogen-bond acceptors (Lipinski definition) is 5. The number of hydrazine groups is 1. The van der Waals surface area contributed by atoms with Gasteiger partial charge >= 0.3 is 0 Å². The van der Waals surface area contributed by atoms with Gasteiger partial charge in [0.15, 0.2) is 0 Å². The van der Waals surface area contributed by atoms with E-state index in [1.165, 1.54) is 0 Å². The fraction of sp³-hybridized carbons (Fsp3) is 0.333. The summed E-state index contributed by atoms with van der Waals surface area (Å²) in [5.74, 6) is 5.66. The van der Waals surface area contributed by atoms with Gasteiger partial charge < -0.3 is 10.2 Å². The highest BCUT2D eigenvalue weighted by atomic mass is 16.5. The summed E-state index contributed by atoms with van der Waals surface area (Å²) < 4.78 is 5.10. The van der Waals surface area contributed by atoms with Gasteiger partial charge in [-0.25, -0.2) is 5.84 Å². The van der Waals surface area contributed by atoms with E-state index in [2.05, 4.69) is 16.0 Å². The van der Waals surface area contributed by atoms with Crippen molar-refractivity contribution >= 4 is 11.6 Å². The molecule has 0 saturated heterocycles. The number of rotatable bonds is 4. The first-order valence-corrected chi connectivity index (χ1v) is 5.69. The standard InChI is InChI=1S/C12H16N4O2/c1-18-10-4-2-8(3-5-10)11-6-9(15-16-11)7-12(17)14-13/h2-5,9,15H,6-7,13H2,1H3,(H,14,17)/t9-/m1/s1. The van der Waals surface area contributed by atoms with Crippen molar-refractivity contribution < 1.29 is 9.53 Å². The predicted octanol–water partition coefficient (Wildman–Crippen LogP) is 0.141. The van der Waals surface area contributed by atoms with Gasteiger partial charge in [0.05, 0.1) is 25.3 Å². The number of methoxy groups -OCH3 is 1. The maximum atomic E-state index is 11.2. The van der Waals surface area contributed by atoms with Crippen LogP contribution in [0.1, 0.15) is 18.4 Å². The molecular formula is C12H16N4O2. The summed E-state index contributed by atoms with van der Waals surface area (Å²) in [6.45, 7) is 0. The van der Waals surface area contributed by atoms with Crippen LogP contribution in [0.2, 0.25) is 0 Å². The van der Waals surface area contributed by atoms with E-state index < -0.39 is 0 Å². The highest BCUT2D eigenvalue weighted by molar-refractivity contribution is 6.02. The normalized spacial score (nSPS) is 17.9. The summed E-state index contributed by atoms with van der Waals surface area (Å²) >= 11 is 0. The Labute approximate surface area is 105 Å². The predicted molar refractivity (Wildman–Crippen MR) is 68.0 cm³/mol. The molecule has 96 valence electrons. The summed E-state index contributed by atoms with van der Waals surface area (Å²) in [5.41, 5.74) is 7.02. The monoisotopic (exact) mass is 248 g/mol. The second-order valence-electron chi connectivity index (χ2n) is 4.09. The van der Waals surface area contributed by atoms with Crippen molar-refractivity contribution in [3.63, 3.8) is 0 Å². The van der Waals surface area contributed by atoms with Gasteiger partial charge in [-0.1, -0.05) is 0 Å². The zero-order chi connectivity index (χ0) is 13.0. The minimum atomic E-state index is -0.196. The largest absolute Gasteiger partial charge is 0.497 e. The molecule has 1 atom stereocenters. The van der Waals surface area contributed by atoms with Gasteiger partial charge in [-0.05, 0) is 29.8 Å². The molecule has 0 radical (unpaired) electrons. The summed E-state index contributed by atoms with van der Waals surface area (Å²) in [6, 6.07) is 7.68. The van der Waals surface area contributed by atoms with E-state index in [-0.39, 0.29) is 11.9 Å². The lowest BCUT2D eigenvalue weighted by molar-refractivity contribution is -0.121. The Hall–Kier alpha value is -2.08. The Morgan fingerprint density at radius 1 is 1.56 bits per heavy atom. The van der Waals surface area contributed by atoms with E-state index >= 15 is 0 Å². The number of nitrogens with zero attached hydrogens (tertiary/aromatic N) is 1. The topological polar surface area (TPSA) is 88.7 Å². The molecule has 2 rings (SSSR count). The molecule has 0 spiro atoms. The Balaban J connectivity index is 1.97. The van der Waals surface area contributed by atoms with E-state index in [1.54, 1.807) is 7.11 Å². The van der Waals surface area contributed by atoms with E-state index in [1.807, 2.05) is 24.3 Å². The molecule has 18 heavy (non-hydrogen) atoms. The quantitative estimate of drug-likeness (QED) is 0.402. The Bertz CT molecular complexity index is 456. The second kappa shape index (κ2) is 5.50. The van der Waals surface area contributed by atoms with Crippen LogP contribution in [0, 0.1) is 0 Å². The molecule has 1 aliphatic rings. The number of benzene rings is 1. The van der Waals surface area contributed by atoms with Gasteiger partial charge in [0.1, 0.15) is 5.75 Å². The van der Waals surface area contributed by atoms with Gasteiger partial charge in [0.25, 0.3) is 0 Å². The van der Waals surface area contributed by atoms with Crippen LogP contribution in [0.15, 0.2) is 29.4 Å². The molecule has 1 aliphatic heterocycles. The molecule has 0 aliphatic carbocycles. The summed E-state index contributed by atoms with van der Waals surface area (Å²) in [7, 11) is 1.63. The second-order valence-corrected chi connectivity index (χ2v) is 4.09. The lowest BCUT2D eigenvalue weighted by Crippen LogP contribution is -2.35. The highest BCUT2D eigenvalue weighted by Gasteiger charge is 2.21. The first-order chi connectivity index (χ1) is 8.72. The highest BCUT2D eigenvalue weighted by Crippen LogP contribution is 2.17. The van der Waals surface area contributed by atoms with E-state index in [9.17, 15) is 4.79 Å². The molecule has 1 aromatic rings. The smallest absolute Gasteiger partial charge is 0.236 e. The lowest BCUT2D eigenvalue weighted by Gasteiger charge is -2.07. The van der Waals surface area contributed by atoms with Gasteiger partial charge in [0, 0.05) is 6.42 Å². The first-order valence-electron chi connectivity index (χ1n) is 5.69. The van der Waals surface area contributed by atoms with Crippen molar-refractivity contribution in [2.45, 2.75) is 18.9 Å². The van der Waals surface area contributed by atoms with Crippen LogP contribution in [-0.4, -0.2) is 24.8 Å². The number of nitrogens with one attached hydrogen (secondary N) is 2. The number of hydrazone groups is 1. The number of amides is 1. The van der Waals surface area contributed by atoms with Crippen LogP contribution in [-0.2, 0) is 4.79 Å². The Kier molecular flexibility index (Phi) is 3.78. The van der Waals surface area contributed by atoms with Gasteiger partial charge in [-0.2, -0.15) is 5.10 Å². The van der Waals surface area contributed by atoms with Crippen molar-refractivity contribution in [3.8, 4) is 5.75 Å². The maximum absolute atomic E-state index is 11.2. The summed E-state index contributed by atoms with van der Waals surface area (Å²) in [5, 5.41) is 4.24. The molecule has 6 nitrogen and oxygen atoms in total. The molecule has 0 aromatic heterocycles. The fourth-order valence-electron chi connectivity index (χ4n) is 1.86. The van der Waals surface area contributed by atoms with Gasteiger partial charge in [-0.3, -0.25) is 10.2 Å². The number of carbonyl (C=O) groups is 1. The van der Waals surface area contributed by atoms with Gasteiger partial charge in [-0.15, -0.1) is 0 Å². The van der Waals surface area contributed by atoms with Crippen LogP contribution < -0.4 is 21.4 Å². The third kappa shape index (κ3) is 2.78. The minimum absolute atomic E-state index is 0.00523. The van der Waals surface area contributed by atoms with Crippen LogP contribution in [0.5, 0.6) is 5.75 Å². The van der Waals surface area contributed by atoms with Crippen molar-refractivity contribution in [3.05, 3.63) is 29.8 Å². The van der Waals surface area contributed by atoms with E-state index in [4.69, 9.17) is 10.6 Å². The van der Waals surface area contributed by atoms with Crippen LogP contribution >= 0.6 is 0 Å². The average molecular weight is 248 g/mol. The molecule has 1 aromatic carbocycles. The van der Waals surface area contributed by atoms with Crippen LogP contribution in [0.25, 0.3) is 0 Å². The van der Waals surface area contributed by atoms with Gasteiger partial charge in [0.2, 0.25) is 5.91 Å². The van der Waals surface area contributed by atoms with Crippen molar-refractivity contribution in [2.75, 3.05) is 7.11 Å². The van der Waals surface area contributed by atoms with Crippen LogP contribution in [0.4, 0.5) is 0 Å². The first kappa shape index (κ1) is 12.4. The maximum Gasteiger partial charge on any atom is 0.236 e. The minimum Gasteiger partial charge on any atom is -0.497 e. The van der Waals surface area contributed by atoms with Crippen LogP contribution in [0.3, 0.4) is 0 Å². The molecule has 4 N–H and O–H groups in total. The van der Waals surface area contributed by atoms with Crippen molar-refractivity contribution in [1.82, 2.24) is 10.9 Å². The molecule has 1 heterocycles. The van der Waals surface area contributed by atoms with E-state index in [0.29, 0.717) is 12.8 Å². The molecular weight excluding hydrogens is 232 g/mol. The molecule has 6 heteroatoms. The molecule has 0 saturated carbocycles. The summed E-state index contributed by atoms with van der Waals surface area (Å²) in [4.78, 5) is 11.2. The number of ether oxygens (including phenoxy) is 1.